The minimum atomic E-state index is 0. The van der Waals surface area contributed by atoms with Crippen LogP contribution < -0.4 is 5.32 Å². The molecule has 1 saturated heterocycles. The average molecular weight is 489 g/mol. The van der Waals surface area contributed by atoms with Crippen LogP contribution >= 0.6 is 24.0 Å². The number of aromatic nitrogens is 2. The number of benzene rings is 2. The molecule has 28 heavy (non-hydrogen) atoms. The van der Waals surface area contributed by atoms with Crippen molar-refractivity contribution in [3.8, 4) is 0 Å². The number of nitrogens with zero attached hydrogens (tertiary/aromatic N) is 4. The number of likely N-dealkylation sites (tertiary alicyclic amines) is 1. The third-order valence-corrected chi connectivity index (χ3v) is 5.43. The highest BCUT2D eigenvalue weighted by Crippen LogP contribution is 2.26. The maximum atomic E-state index is 4.65. The van der Waals surface area contributed by atoms with Gasteiger partial charge in [0, 0.05) is 39.1 Å². The summed E-state index contributed by atoms with van der Waals surface area (Å²) in [4.78, 5) is 11.5. The van der Waals surface area contributed by atoms with E-state index in [1.807, 2.05) is 13.1 Å². The van der Waals surface area contributed by atoms with E-state index in [1.54, 1.807) is 0 Å². The molecular weight excluding hydrogens is 461 g/mol. The van der Waals surface area contributed by atoms with Crippen molar-refractivity contribution in [1.29, 1.82) is 0 Å². The summed E-state index contributed by atoms with van der Waals surface area (Å²) in [5, 5.41) is 3.54. The first kappa shape index (κ1) is 20.6. The third kappa shape index (κ3) is 4.32. The molecule has 2 heterocycles. The number of halogens is 1. The second-order valence-electron chi connectivity index (χ2n) is 7.12. The largest absolute Gasteiger partial charge is 0.354 e. The molecule has 1 unspecified atom stereocenters. The Morgan fingerprint density at radius 3 is 2.68 bits per heavy atom. The monoisotopic (exact) mass is 489 g/mol. The smallest absolute Gasteiger partial charge is 0.193 e. The lowest BCUT2D eigenvalue weighted by Crippen LogP contribution is -2.41. The van der Waals surface area contributed by atoms with Crippen molar-refractivity contribution < 1.29 is 0 Å². The highest BCUT2D eigenvalue weighted by Gasteiger charge is 2.25. The van der Waals surface area contributed by atoms with Crippen molar-refractivity contribution in [2.75, 3.05) is 26.7 Å². The van der Waals surface area contributed by atoms with Gasteiger partial charge in [0.15, 0.2) is 5.96 Å². The number of imidazole rings is 1. The SMILES string of the molecule is CN=C(NCCn1c(C)nc2ccccc21)N1CCC(c2ccccc2)C1.I. The minimum absolute atomic E-state index is 0. The van der Waals surface area contributed by atoms with Gasteiger partial charge in [0.05, 0.1) is 11.0 Å². The minimum Gasteiger partial charge on any atom is -0.354 e. The Balaban J connectivity index is 0.00000225. The molecule has 0 spiro atoms. The maximum Gasteiger partial charge on any atom is 0.193 e. The van der Waals surface area contributed by atoms with Crippen LogP contribution in [0.2, 0.25) is 0 Å². The zero-order valence-electron chi connectivity index (χ0n) is 16.5. The quantitative estimate of drug-likeness (QED) is 0.342. The number of para-hydroxylation sites is 2. The number of hydrogen-bond acceptors (Lipinski definition) is 2. The van der Waals surface area contributed by atoms with Crippen LogP contribution in [0, 0.1) is 6.92 Å². The second-order valence-corrected chi connectivity index (χ2v) is 7.12. The zero-order valence-corrected chi connectivity index (χ0v) is 18.8. The van der Waals surface area contributed by atoms with Crippen molar-refractivity contribution in [3.05, 3.63) is 66.0 Å². The molecule has 1 aliphatic rings. The van der Waals surface area contributed by atoms with Crippen molar-refractivity contribution >= 4 is 41.0 Å². The van der Waals surface area contributed by atoms with E-state index >= 15 is 0 Å². The zero-order chi connectivity index (χ0) is 18.6. The van der Waals surface area contributed by atoms with Crippen LogP contribution in [0.5, 0.6) is 0 Å². The Bertz CT molecular complexity index is 935. The lowest BCUT2D eigenvalue weighted by atomic mass is 9.99. The van der Waals surface area contributed by atoms with Crippen LogP contribution in [0.1, 0.15) is 23.7 Å². The highest BCUT2D eigenvalue weighted by molar-refractivity contribution is 14.0. The van der Waals surface area contributed by atoms with Gasteiger partial charge in [0.2, 0.25) is 0 Å². The first-order valence-electron chi connectivity index (χ1n) is 9.68. The van der Waals surface area contributed by atoms with Gasteiger partial charge in [0.1, 0.15) is 5.82 Å². The van der Waals surface area contributed by atoms with E-state index in [0.717, 1.165) is 43.5 Å². The number of aryl methyl sites for hydroxylation is 1. The third-order valence-electron chi connectivity index (χ3n) is 5.43. The van der Waals surface area contributed by atoms with Gasteiger partial charge < -0.3 is 14.8 Å². The number of nitrogens with one attached hydrogen (secondary N) is 1. The second kappa shape index (κ2) is 9.41. The molecule has 3 aromatic rings. The molecule has 0 amide bonds. The summed E-state index contributed by atoms with van der Waals surface area (Å²) in [6.45, 7) is 5.85. The summed E-state index contributed by atoms with van der Waals surface area (Å²) in [6, 6.07) is 19.1. The Hall–Kier alpha value is -2.09. The number of hydrogen-bond donors (Lipinski definition) is 1. The number of aliphatic imine (C=N–C) groups is 1. The summed E-state index contributed by atoms with van der Waals surface area (Å²) >= 11 is 0. The van der Waals surface area contributed by atoms with E-state index < -0.39 is 0 Å². The van der Waals surface area contributed by atoms with E-state index in [1.165, 1.54) is 17.5 Å². The van der Waals surface area contributed by atoms with Gasteiger partial charge in [-0.25, -0.2) is 4.98 Å². The van der Waals surface area contributed by atoms with Gasteiger partial charge in [0.25, 0.3) is 0 Å². The van der Waals surface area contributed by atoms with Crippen LogP contribution in [-0.2, 0) is 6.54 Å². The molecular formula is C22H28IN5. The first-order chi connectivity index (χ1) is 13.3. The summed E-state index contributed by atoms with van der Waals surface area (Å²) in [7, 11) is 1.87. The number of fused-ring (bicyclic) bond motifs is 1. The summed E-state index contributed by atoms with van der Waals surface area (Å²) < 4.78 is 2.27. The molecule has 0 bridgehead atoms. The fourth-order valence-corrected chi connectivity index (χ4v) is 4.04. The molecule has 0 radical (unpaired) electrons. The van der Waals surface area contributed by atoms with Gasteiger partial charge >= 0.3 is 0 Å². The van der Waals surface area contributed by atoms with E-state index in [9.17, 15) is 0 Å². The fraction of sp³-hybridized carbons (Fsp3) is 0.364. The molecule has 1 aromatic heterocycles. The molecule has 1 fully saturated rings. The van der Waals surface area contributed by atoms with Crippen LogP contribution in [-0.4, -0.2) is 47.1 Å². The molecule has 5 nitrogen and oxygen atoms in total. The molecule has 1 atom stereocenters. The van der Waals surface area contributed by atoms with Crippen LogP contribution in [0.25, 0.3) is 11.0 Å². The van der Waals surface area contributed by atoms with E-state index in [-0.39, 0.29) is 24.0 Å². The number of guanidine groups is 1. The normalized spacial score (nSPS) is 17.0. The summed E-state index contributed by atoms with van der Waals surface area (Å²) in [6.07, 6.45) is 1.18. The van der Waals surface area contributed by atoms with E-state index in [0.29, 0.717) is 5.92 Å². The van der Waals surface area contributed by atoms with Crippen LogP contribution in [0.3, 0.4) is 0 Å². The Kier molecular flexibility index (Phi) is 6.93. The van der Waals surface area contributed by atoms with Gasteiger partial charge in [-0.1, -0.05) is 42.5 Å². The number of rotatable bonds is 4. The Morgan fingerprint density at radius 1 is 1.14 bits per heavy atom. The summed E-state index contributed by atoms with van der Waals surface area (Å²) in [5.74, 6) is 2.64. The molecule has 6 heteroatoms. The van der Waals surface area contributed by atoms with Crippen LogP contribution in [0.15, 0.2) is 59.6 Å². The standard InChI is InChI=1S/C22H27N5.HI/c1-17-25-20-10-6-7-11-21(20)27(17)15-13-24-22(23-2)26-14-12-19(16-26)18-8-4-3-5-9-18;/h3-11,19H,12-16H2,1-2H3,(H,23,24);1H. The highest BCUT2D eigenvalue weighted by atomic mass is 127. The van der Waals surface area contributed by atoms with Crippen molar-refractivity contribution in [2.45, 2.75) is 25.8 Å². The van der Waals surface area contributed by atoms with Gasteiger partial charge in [-0.05, 0) is 31.0 Å². The van der Waals surface area contributed by atoms with Crippen molar-refractivity contribution in [3.63, 3.8) is 0 Å². The Morgan fingerprint density at radius 2 is 1.89 bits per heavy atom. The molecule has 0 saturated carbocycles. The predicted molar refractivity (Wildman–Crippen MR) is 127 cm³/mol. The van der Waals surface area contributed by atoms with Gasteiger partial charge in [-0.15, -0.1) is 24.0 Å². The lowest BCUT2D eigenvalue weighted by Gasteiger charge is -2.22. The lowest BCUT2D eigenvalue weighted by molar-refractivity contribution is 0.482. The Labute approximate surface area is 183 Å². The van der Waals surface area contributed by atoms with E-state index in [2.05, 4.69) is 80.2 Å². The molecule has 4 rings (SSSR count). The fourth-order valence-electron chi connectivity index (χ4n) is 4.04. The van der Waals surface area contributed by atoms with Gasteiger partial charge in [-0.3, -0.25) is 4.99 Å². The molecule has 2 aromatic carbocycles. The first-order valence-corrected chi connectivity index (χ1v) is 9.68. The topological polar surface area (TPSA) is 45.5 Å². The maximum absolute atomic E-state index is 4.65. The van der Waals surface area contributed by atoms with E-state index in [4.69, 9.17) is 0 Å². The molecule has 0 aliphatic carbocycles. The van der Waals surface area contributed by atoms with Gasteiger partial charge in [-0.2, -0.15) is 0 Å². The van der Waals surface area contributed by atoms with Crippen LogP contribution in [0.4, 0.5) is 0 Å². The predicted octanol–water partition coefficient (Wildman–Crippen LogP) is 4.03. The van der Waals surface area contributed by atoms with Crippen molar-refractivity contribution in [1.82, 2.24) is 19.8 Å². The molecule has 148 valence electrons. The molecule has 1 aliphatic heterocycles. The average Bonchev–Trinajstić information content (AvgIpc) is 3.31. The summed E-state index contributed by atoms with van der Waals surface area (Å²) in [5.41, 5.74) is 3.68. The molecule has 1 N–H and O–H groups in total. The van der Waals surface area contributed by atoms with Crippen molar-refractivity contribution in [2.24, 2.45) is 4.99 Å².